The molecule has 2 aromatic rings. The second-order valence-corrected chi connectivity index (χ2v) is 4.64. The average molecular weight is 230 g/mol. The Hall–Kier alpha value is -1.41. The second kappa shape index (κ2) is 5.08. The Labute approximate surface area is 99.8 Å². The number of aryl methyl sites for hydroxylation is 2. The van der Waals surface area contributed by atoms with E-state index in [1.54, 1.807) is 11.3 Å². The molecule has 0 spiro atoms. The molecule has 82 valence electrons. The van der Waals surface area contributed by atoms with Gasteiger partial charge in [-0.15, -0.1) is 0 Å². The minimum Gasteiger partial charge on any atom is -0.294 e. The molecular formula is C14H14OS. The second-order valence-electron chi connectivity index (χ2n) is 3.86. The van der Waals surface area contributed by atoms with Crippen molar-refractivity contribution < 1.29 is 4.79 Å². The third-order valence-corrected chi connectivity index (χ3v) is 3.41. The van der Waals surface area contributed by atoms with E-state index in [0.717, 1.165) is 12.0 Å². The van der Waals surface area contributed by atoms with Crippen LogP contribution in [-0.4, -0.2) is 5.78 Å². The number of hydrogen-bond acceptors (Lipinski definition) is 2. The van der Waals surface area contributed by atoms with Crippen molar-refractivity contribution in [3.63, 3.8) is 0 Å². The number of benzene rings is 1. The van der Waals surface area contributed by atoms with Gasteiger partial charge in [-0.3, -0.25) is 4.79 Å². The number of hydrogen-bond donors (Lipinski definition) is 0. The average Bonchev–Trinajstić information content (AvgIpc) is 2.81. The normalized spacial score (nSPS) is 10.3. The van der Waals surface area contributed by atoms with E-state index in [1.165, 1.54) is 11.1 Å². The minimum atomic E-state index is 0.240. The third kappa shape index (κ3) is 2.58. The largest absolute Gasteiger partial charge is 0.294 e. The molecule has 0 unspecified atom stereocenters. The van der Waals surface area contributed by atoms with E-state index >= 15 is 0 Å². The van der Waals surface area contributed by atoms with Crippen molar-refractivity contribution in [3.05, 3.63) is 57.8 Å². The molecule has 0 saturated heterocycles. The van der Waals surface area contributed by atoms with E-state index in [-0.39, 0.29) is 5.78 Å². The Morgan fingerprint density at radius 3 is 2.75 bits per heavy atom. The van der Waals surface area contributed by atoms with Gasteiger partial charge in [-0.25, -0.2) is 0 Å². The molecule has 2 heteroatoms. The van der Waals surface area contributed by atoms with E-state index in [4.69, 9.17) is 0 Å². The van der Waals surface area contributed by atoms with E-state index < -0.39 is 0 Å². The SMILES string of the molecule is Cc1ccccc1CCC(=O)c1ccsc1. The Morgan fingerprint density at radius 1 is 1.25 bits per heavy atom. The molecule has 1 aromatic carbocycles. The highest BCUT2D eigenvalue weighted by molar-refractivity contribution is 7.08. The summed E-state index contributed by atoms with van der Waals surface area (Å²) in [4.78, 5) is 11.8. The van der Waals surface area contributed by atoms with E-state index in [0.29, 0.717) is 6.42 Å². The summed E-state index contributed by atoms with van der Waals surface area (Å²) < 4.78 is 0. The van der Waals surface area contributed by atoms with Crippen LogP contribution in [0.5, 0.6) is 0 Å². The van der Waals surface area contributed by atoms with Crippen molar-refractivity contribution in [3.8, 4) is 0 Å². The van der Waals surface area contributed by atoms with Crippen molar-refractivity contribution in [1.29, 1.82) is 0 Å². The van der Waals surface area contributed by atoms with Crippen LogP contribution in [-0.2, 0) is 6.42 Å². The number of ketones is 1. The number of thiophene rings is 1. The summed E-state index contributed by atoms with van der Waals surface area (Å²) in [5.74, 6) is 0.240. The molecule has 0 atom stereocenters. The van der Waals surface area contributed by atoms with Crippen molar-refractivity contribution in [1.82, 2.24) is 0 Å². The van der Waals surface area contributed by atoms with Gasteiger partial charge in [-0.1, -0.05) is 24.3 Å². The third-order valence-electron chi connectivity index (χ3n) is 2.73. The quantitative estimate of drug-likeness (QED) is 0.729. The number of carbonyl (C=O) groups excluding carboxylic acids is 1. The molecule has 0 bridgehead atoms. The van der Waals surface area contributed by atoms with Gasteiger partial charge in [-0.05, 0) is 35.9 Å². The van der Waals surface area contributed by atoms with Gasteiger partial charge in [0.2, 0.25) is 0 Å². The van der Waals surface area contributed by atoms with Crippen LogP contribution in [0.3, 0.4) is 0 Å². The summed E-state index contributed by atoms with van der Waals surface area (Å²) in [6.07, 6.45) is 1.43. The topological polar surface area (TPSA) is 17.1 Å². The maximum absolute atomic E-state index is 11.8. The maximum atomic E-state index is 11.8. The van der Waals surface area contributed by atoms with Gasteiger partial charge >= 0.3 is 0 Å². The first kappa shape index (κ1) is 11.1. The first-order valence-corrected chi connectivity index (χ1v) is 6.31. The molecule has 2 rings (SSSR count). The molecule has 1 heterocycles. The summed E-state index contributed by atoms with van der Waals surface area (Å²) >= 11 is 1.57. The van der Waals surface area contributed by atoms with Crippen LogP contribution in [0.2, 0.25) is 0 Å². The van der Waals surface area contributed by atoms with Crippen LogP contribution < -0.4 is 0 Å². The van der Waals surface area contributed by atoms with Gasteiger partial charge in [0.15, 0.2) is 5.78 Å². The summed E-state index contributed by atoms with van der Waals surface area (Å²) in [5, 5.41) is 3.86. The minimum absolute atomic E-state index is 0.240. The van der Waals surface area contributed by atoms with E-state index in [2.05, 4.69) is 19.1 Å². The van der Waals surface area contributed by atoms with Crippen LogP contribution in [0.1, 0.15) is 27.9 Å². The fourth-order valence-electron chi connectivity index (χ4n) is 1.71. The Bertz CT molecular complexity index is 471. The molecule has 0 aliphatic heterocycles. The van der Waals surface area contributed by atoms with E-state index in [1.807, 2.05) is 29.0 Å². The Morgan fingerprint density at radius 2 is 2.06 bits per heavy atom. The maximum Gasteiger partial charge on any atom is 0.164 e. The van der Waals surface area contributed by atoms with Crippen LogP contribution in [0.4, 0.5) is 0 Å². The smallest absolute Gasteiger partial charge is 0.164 e. The van der Waals surface area contributed by atoms with Gasteiger partial charge in [0, 0.05) is 17.4 Å². The van der Waals surface area contributed by atoms with Gasteiger partial charge < -0.3 is 0 Å². The molecular weight excluding hydrogens is 216 g/mol. The number of carbonyl (C=O) groups is 1. The summed E-state index contributed by atoms with van der Waals surface area (Å²) in [6, 6.07) is 10.1. The zero-order valence-electron chi connectivity index (χ0n) is 9.27. The predicted molar refractivity (Wildman–Crippen MR) is 68.1 cm³/mol. The van der Waals surface area contributed by atoms with Crippen molar-refractivity contribution in [2.45, 2.75) is 19.8 Å². The highest BCUT2D eigenvalue weighted by Gasteiger charge is 2.06. The van der Waals surface area contributed by atoms with Gasteiger partial charge in [-0.2, -0.15) is 11.3 Å². The first-order chi connectivity index (χ1) is 7.77. The molecule has 0 aliphatic carbocycles. The van der Waals surface area contributed by atoms with Crippen LogP contribution in [0, 0.1) is 6.92 Å². The van der Waals surface area contributed by atoms with Crippen molar-refractivity contribution in [2.75, 3.05) is 0 Å². The zero-order valence-corrected chi connectivity index (χ0v) is 10.1. The molecule has 0 N–H and O–H groups in total. The Balaban J connectivity index is 1.98. The van der Waals surface area contributed by atoms with E-state index in [9.17, 15) is 4.79 Å². The molecule has 1 nitrogen and oxygen atoms in total. The summed E-state index contributed by atoms with van der Waals surface area (Å²) in [5.41, 5.74) is 3.38. The molecule has 0 aliphatic rings. The summed E-state index contributed by atoms with van der Waals surface area (Å²) in [7, 11) is 0. The fraction of sp³-hybridized carbons (Fsp3) is 0.214. The monoisotopic (exact) mass is 230 g/mol. The Kier molecular flexibility index (Phi) is 3.52. The summed E-state index contributed by atoms with van der Waals surface area (Å²) in [6.45, 7) is 2.09. The predicted octanol–water partition coefficient (Wildman–Crippen LogP) is 3.87. The van der Waals surface area contributed by atoms with Crippen molar-refractivity contribution in [2.24, 2.45) is 0 Å². The molecule has 0 amide bonds. The van der Waals surface area contributed by atoms with Crippen LogP contribution in [0.25, 0.3) is 0 Å². The van der Waals surface area contributed by atoms with Gasteiger partial charge in [0.25, 0.3) is 0 Å². The van der Waals surface area contributed by atoms with Crippen LogP contribution >= 0.6 is 11.3 Å². The molecule has 0 radical (unpaired) electrons. The fourth-order valence-corrected chi connectivity index (χ4v) is 2.37. The van der Waals surface area contributed by atoms with Crippen molar-refractivity contribution >= 4 is 17.1 Å². The highest BCUT2D eigenvalue weighted by Crippen LogP contribution is 2.13. The van der Waals surface area contributed by atoms with Gasteiger partial charge in [0.1, 0.15) is 0 Å². The molecule has 0 fully saturated rings. The lowest BCUT2D eigenvalue weighted by Gasteiger charge is -2.03. The lowest BCUT2D eigenvalue weighted by Crippen LogP contribution is -2.00. The first-order valence-electron chi connectivity index (χ1n) is 5.37. The standard InChI is InChI=1S/C14H14OS/c1-11-4-2-3-5-12(11)6-7-14(15)13-8-9-16-10-13/h2-5,8-10H,6-7H2,1H3. The zero-order chi connectivity index (χ0) is 11.4. The number of Topliss-reactive ketones (excluding diaryl/α,β-unsaturated/α-hetero) is 1. The highest BCUT2D eigenvalue weighted by atomic mass is 32.1. The van der Waals surface area contributed by atoms with Crippen LogP contribution in [0.15, 0.2) is 41.1 Å². The van der Waals surface area contributed by atoms with Gasteiger partial charge in [0.05, 0.1) is 0 Å². The molecule has 1 aromatic heterocycles. The molecule has 0 saturated carbocycles. The number of rotatable bonds is 4. The lowest BCUT2D eigenvalue weighted by atomic mass is 10.0. The molecule has 16 heavy (non-hydrogen) atoms. The lowest BCUT2D eigenvalue weighted by molar-refractivity contribution is 0.0983.